The number of aliphatic carboxylic acids is 1. The summed E-state index contributed by atoms with van der Waals surface area (Å²) in [4.78, 5) is 13.2. The number of likely N-dealkylation sites (tertiary alicyclic amines) is 1. The lowest BCUT2D eigenvalue weighted by molar-refractivity contribution is -0.187. The average molecular weight is 290 g/mol. The van der Waals surface area contributed by atoms with Crippen molar-refractivity contribution in [3.8, 4) is 0 Å². The Kier molecular flexibility index (Phi) is 3.71. The number of rotatable bonds is 3. The van der Waals surface area contributed by atoms with Crippen molar-refractivity contribution in [2.45, 2.75) is 37.9 Å². The molecule has 2 aliphatic heterocycles. The first-order valence-corrected chi connectivity index (χ1v) is 6.57. The van der Waals surface area contributed by atoms with Gasteiger partial charge < -0.3 is 15.3 Å². The van der Waals surface area contributed by atoms with Crippen LogP contribution in [0.5, 0.6) is 0 Å². The van der Waals surface area contributed by atoms with Crippen molar-refractivity contribution in [1.82, 2.24) is 10.2 Å². The van der Waals surface area contributed by atoms with Crippen LogP contribution in [-0.2, 0) is 4.79 Å². The zero-order chi connectivity index (χ0) is 15.0. The van der Waals surface area contributed by atoms with Gasteiger partial charge in [0.25, 0.3) is 0 Å². The normalized spacial score (nSPS) is 26.9. The van der Waals surface area contributed by atoms with Crippen LogP contribution in [0.15, 0.2) is 23.5 Å². The standard InChI is InChI=1S/C13H17F3N2O2/c1-2-12(13(14,15)16)10(11(19)20)9(5-6-17-12)18-7-3-4-8-18/h5-6,17H,2-4,7-8H2,1H3,(H,19,20). The lowest BCUT2D eigenvalue weighted by atomic mass is 9.82. The Morgan fingerprint density at radius 1 is 1.45 bits per heavy atom. The van der Waals surface area contributed by atoms with Gasteiger partial charge in [-0.1, -0.05) is 6.92 Å². The molecule has 0 aromatic carbocycles. The zero-order valence-corrected chi connectivity index (χ0v) is 11.1. The van der Waals surface area contributed by atoms with Crippen molar-refractivity contribution >= 4 is 5.97 Å². The summed E-state index contributed by atoms with van der Waals surface area (Å²) in [6.45, 7) is 2.52. The van der Waals surface area contributed by atoms with Gasteiger partial charge in [0.2, 0.25) is 0 Å². The predicted octanol–water partition coefficient (Wildman–Crippen LogP) is 2.25. The quantitative estimate of drug-likeness (QED) is 0.837. The number of carboxylic acids is 1. The maximum atomic E-state index is 13.5. The van der Waals surface area contributed by atoms with Crippen molar-refractivity contribution in [2.75, 3.05) is 13.1 Å². The van der Waals surface area contributed by atoms with Crippen molar-refractivity contribution in [3.63, 3.8) is 0 Å². The second kappa shape index (κ2) is 5.03. The molecule has 0 aromatic heterocycles. The molecule has 7 heteroatoms. The monoisotopic (exact) mass is 290 g/mol. The van der Waals surface area contributed by atoms with Gasteiger partial charge in [-0.15, -0.1) is 0 Å². The molecular formula is C13H17F3N2O2. The van der Waals surface area contributed by atoms with Gasteiger partial charge >= 0.3 is 12.1 Å². The van der Waals surface area contributed by atoms with Crippen LogP contribution >= 0.6 is 0 Å². The van der Waals surface area contributed by atoms with Gasteiger partial charge in [0.1, 0.15) is 0 Å². The van der Waals surface area contributed by atoms with Crippen LogP contribution in [0, 0.1) is 0 Å². The Hall–Kier alpha value is -1.66. The first-order chi connectivity index (χ1) is 9.33. The van der Waals surface area contributed by atoms with E-state index in [-0.39, 0.29) is 12.1 Å². The Morgan fingerprint density at radius 3 is 2.50 bits per heavy atom. The molecule has 2 aliphatic rings. The number of hydrogen-bond donors (Lipinski definition) is 2. The highest BCUT2D eigenvalue weighted by molar-refractivity contribution is 5.91. The number of nitrogens with one attached hydrogen (secondary N) is 1. The first kappa shape index (κ1) is 14.7. The molecule has 2 N–H and O–H groups in total. The third-order valence-corrected chi connectivity index (χ3v) is 3.93. The SMILES string of the molecule is CCC1(C(F)(F)F)NC=CC(N2CCCC2)=C1C(=O)O. The van der Waals surface area contributed by atoms with Gasteiger partial charge in [0.05, 0.1) is 11.3 Å². The molecule has 112 valence electrons. The lowest BCUT2D eigenvalue weighted by Gasteiger charge is -2.40. The minimum Gasteiger partial charge on any atom is -0.478 e. The number of hydrogen-bond acceptors (Lipinski definition) is 3. The topological polar surface area (TPSA) is 52.6 Å². The van der Waals surface area contributed by atoms with Crippen LogP contribution in [0.25, 0.3) is 0 Å². The molecule has 0 aliphatic carbocycles. The molecule has 0 saturated carbocycles. The van der Waals surface area contributed by atoms with Gasteiger partial charge in [-0.3, -0.25) is 0 Å². The van der Waals surface area contributed by atoms with E-state index in [0.29, 0.717) is 13.1 Å². The first-order valence-electron chi connectivity index (χ1n) is 6.57. The summed E-state index contributed by atoms with van der Waals surface area (Å²) in [6, 6.07) is 0. The van der Waals surface area contributed by atoms with E-state index in [4.69, 9.17) is 0 Å². The van der Waals surface area contributed by atoms with E-state index in [1.54, 1.807) is 4.90 Å². The molecule has 20 heavy (non-hydrogen) atoms. The molecule has 4 nitrogen and oxygen atoms in total. The van der Waals surface area contributed by atoms with E-state index < -0.39 is 23.3 Å². The molecule has 1 unspecified atom stereocenters. The van der Waals surface area contributed by atoms with E-state index in [1.807, 2.05) is 0 Å². The lowest BCUT2D eigenvalue weighted by Crippen LogP contribution is -2.59. The van der Waals surface area contributed by atoms with Gasteiger partial charge in [-0.05, 0) is 31.5 Å². The summed E-state index contributed by atoms with van der Waals surface area (Å²) in [7, 11) is 0. The molecule has 0 bridgehead atoms. The minimum atomic E-state index is -4.68. The second-order valence-electron chi connectivity index (χ2n) is 4.99. The summed E-state index contributed by atoms with van der Waals surface area (Å²) in [5, 5.41) is 11.6. The summed E-state index contributed by atoms with van der Waals surface area (Å²) < 4.78 is 40.4. The predicted molar refractivity (Wildman–Crippen MR) is 66.8 cm³/mol. The Morgan fingerprint density at radius 2 is 2.05 bits per heavy atom. The maximum Gasteiger partial charge on any atom is 0.416 e. The number of halogens is 3. The Labute approximate surface area is 114 Å². The van der Waals surface area contributed by atoms with Crippen molar-refractivity contribution in [1.29, 1.82) is 0 Å². The van der Waals surface area contributed by atoms with Crippen LogP contribution in [-0.4, -0.2) is 40.8 Å². The fraction of sp³-hybridized carbons (Fsp3) is 0.615. The molecule has 0 spiro atoms. The molecule has 1 fully saturated rings. The Balaban J connectivity index is 2.59. The third-order valence-electron chi connectivity index (χ3n) is 3.93. The van der Waals surface area contributed by atoms with E-state index in [0.717, 1.165) is 12.8 Å². The van der Waals surface area contributed by atoms with Crippen molar-refractivity contribution in [3.05, 3.63) is 23.5 Å². The second-order valence-corrected chi connectivity index (χ2v) is 4.99. The van der Waals surface area contributed by atoms with Crippen molar-refractivity contribution < 1.29 is 23.1 Å². The minimum absolute atomic E-state index is 0.174. The number of carbonyl (C=O) groups is 1. The van der Waals surface area contributed by atoms with Crippen LogP contribution in [0.4, 0.5) is 13.2 Å². The smallest absolute Gasteiger partial charge is 0.416 e. The fourth-order valence-corrected chi connectivity index (χ4v) is 2.85. The molecule has 1 atom stereocenters. The number of carboxylic acid groups (broad SMARTS) is 1. The zero-order valence-electron chi connectivity index (χ0n) is 11.1. The van der Waals surface area contributed by atoms with Gasteiger partial charge in [-0.25, -0.2) is 4.79 Å². The van der Waals surface area contributed by atoms with Crippen LogP contribution < -0.4 is 5.32 Å². The number of nitrogens with zero attached hydrogens (tertiary/aromatic N) is 1. The Bertz CT molecular complexity index is 465. The van der Waals surface area contributed by atoms with Crippen molar-refractivity contribution in [2.24, 2.45) is 0 Å². The molecule has 0 amide bonds. The van der Waals surface area contributed by atoms with Crippen LogP contribution in [0.3, 0.4) is 0 Å². The maximum absolute atomic E-state index is 13.5. The third kappa shape index (κ3) is 2.14. The summed E-state index contributed by atoms with van der Waals surface area (Å²) >= 11 is 0. The number of dihydropyridines is 1. The largest absolute Gasteiger partial charge is 0.478 e. The van der Waals surface area contributed by atoms with Crippen LogP contribution in [0.1, 0.15) is 26.2 Å². The number of alkyl halides is 3. The summed E-state index contributed by atoms with van der Waals surface area (Å²) in [5.74, 6) is -1.53. The highest BCUT2D eigenvalue weighted by Crippen LogP contribution is 2.42. The fourth-order valence-electron chi connectivity index (χ4n) is 2.85. The molecule has 0 radical (unpaired) electrons. The van der Waals surface area contributed by atoms with E-state index in [2.05, 4.69) is 5.32 Å². The highest BCUT2D eigenvalue weighted by atomic mass is 19.4. The van der Waals surface area contributed by atoms with E-state index >= 15 is 0 Å². The van der Waals surface area contributed by atoms with E-state index in [1.165, 1.54) is 19.2 Å². The molecular weight excluding hydrogens is 273 g/mol. The summed E-state index contributed by atoms with van der Waals surface area (Å²) in [5.41, 5.74) is -2.95. The van der Waals surface area contributed by atoms with Crippen LogP contribution in [0.2, 0.25) is 0 Å². The van der Waals surface area contributed by atoms with E-state index in [9.17, 15) is 23.1 Å². The molecule has 1 saturated heterocycles. The molecule has 2 rings (SSSR count). The summed E-state index contributed by atoms with van der Waals surface area (Å²) in [6.07, 6.45) is -0.692. The van der Waals surface area contributed by atoms with Gasteiger partial charge in [0, 0.05) is 13.1 Å². The van der Waals surface area contributed by atoms with Gasteiger partial charge in [-0.2, -0.15) is 13.2 Å². The number of allylic oxidation sites excluding steroid dienone is 1. The molecule has 2 heterocycles. The highest BCUT2D eigenvalue weighted by Gasteiger charge is 2.59. The average Bonchev–Trinajstić information content (AvgIpc) is 2.89. The molecule has 0 aromatic rings. The van der Waals surface area contributed by atoms with Gasteiger partial charge in [0.15, 0.2) is 5.54 Å².